The number of nitro benzene ring substituents is 1. The molecule has 0 heterocycles. The van der Waals surface area contributed by atoms with Crippen LogP contribution in [0.5, 0.6) is 0 Å². The van der Waals surface area contributed by atoms with E-state index in [-0.39, 0.29) is 10.6 Å². The predicted molar refractivity (Wildman–Crippen MR) is 116 cm³/mol. The van der Waals surface area contributed by atoms with Crippen LogP contribution in [0.25, 0.3) is 0 Å². The van der Waals surface area contributed by atoms with Gasteiger partial charge in [-0.25, -0.2) is 10.7 Å². The first-order valence-electron chi connectivity index (χ1n) is 9.91. The van der Waals surface area contributed by atoms with Crippen molar-refractivity contribution in [3.63, 3.8) is 0 Å². The maximum atomic E-state index is 10.8. The summed E-state index contributed by atoms with van der Waals surface area (Å²) in [6, 6.07) is 10.9. The maximum Gasteiger partial charge on any atom is 0.272 e. The van der Waals surface area contributed by atoms with Crippen molar-refractivity contribution in [2.24, 2.45) is 0 Å². The molecule has 0 aliphatic rings. The van der Waals surface area contributed by atoms with Crippen molar-refractivity contribution in [2.75, 3.05) is 29.2 Å². The van der Waals surface area contributed by atoms with E-state index in [1.54, 1.807) is 19.1 Å². The van der Waals surface area contributed by atoms with Crippen LogP contribution in [0.4, 0.5) is 22.7 Å². The molecule has 4 N–H and O–H groups in total. The van der Waals surface area contributed by atoms with Crippen molar-refractivity contribution in [1.82, 2.24) is 0 Å². The van der Waals surface area contributed by atoms with Gasteiger partial charge in [0, 0.05) is 36.1 Å². The zero-order chi connectivity index (χ0) is 21.1. The number of benzene rings is 2. The quantitative estimate of drug-likeness (QED) is 0.151. The standard InChI is InChI=1S/C21H30N4O4/c1-16-14-18(8-10-20(16)24-29-28)22-12-6-4-3-5-7-13-23-19-9-11-21(25(26)27)17(2)15-19/h8-11,14-15,22-24,28H,3-7,12-13H2,1-2H3. The Labute approximate surface area is 171 Å². The summed E-state index contributed by atoms with van der Waals surface area (Å²) in [5, 5.41) is 26.0. The molecule has 0 atom stereocenters. The first-order chi connectivity index (χ1) is 14.0. The fourth-order valence-corrected chi connectivity index (χ4v) is 3.15. The zero-order valence-corrected chi connectivity index (χ0v) is 17.0. The van der Waals surface area contributed by atoms with Crippen LogP contribution in [0.2, 0.25) is 0 Å². The van der Waals surface area contributed by atoms with E-state index >= 15 is 0 Å². The van der Waals surface area contributed by atoms with Crippen LogP contribution in [-0.2, 0) is 4.99 Å². The van der Waals surface area contributed by atoms with Crippen molar-refractivity contribution in [3.8, 4) is 0 Å². The first kappa shape index (κ1) is 22.4. The average molecular weight is 402 g/mol. The summed E-state index contributed by atoms with van der Waals surface area (Å²) in [6.45, 7) is 5.49. The third-order valence-electron chi connectivity index (χ3n) is 4.79. The van der Waals surface area contributed by atoms with Crippen LogP contribution in [0.15, 0.2) is 36.4 Å². The van der Waals surface area contributed by atoms with E-state index < -0.39 is 0 Å². The van der Waals surface area contributed by atoms with E-state index in [4.69, 9.17) is 5.26 Å². The molecule has 0 unspecified atom stereocenters. The van der Waals surface area contributed by atoms with Gasteiger partial charge >= 0.3 is 0 Å². The molecule has 2 rings (SSSR count). The second-order valence-corrected chi connectivity index (χ2v) is 7.10. The maximum absolute atomic E-state index is 10.8. The second-order valence-electron chi connectivity index (χ2n) is 7.10. The molecule has 8 nitrogen and oxygen atoms in total. The van der Waals surface area contributed by atoms with Gasteiger partial charge < -0.3 is 10.6 Å². The molecule has 0 aliphatic heterocycles. The summed E-state index contributed by atoms with van der Waals surface area (Å²) in [7, 11) is 0. The summed E-state index contributed by atoms with van der Waals surface area (Å²) in [5.41, 5.74) is 6.95. The van der Waals surface area contributed by atoms with Gasteiger partial charge in [-0.3, -0.25) is 10.1 Å². The minimum absolute atomic E-state index is 0.158. The van der Waals surface area contributed by atoms with Gasteiger partial charge in [-0.05, 0) is 62.6 Å². The number of hydrogen-bond donors (Lipinski definition) is 4. The van der Waals surface area contributed by atoms with Gasteiger partial charge in [0.25, 0.3) is 5.69 Å². The molecule has 2 aromatic carbocycles. The number of aryl methyl sites for hydroxylation is 2. The number of unbranched alkanes of at least 4 members (excludes halogenated alkanes) is 4. The molecule has 0 aliphatic carbocycles. The van der Waals surface area contributed by atoms with E-state index in [0.29, 0.717) is 5.56 Å². The Hall–Kier alpha value is -2.84. The van der Waals surface area contributed by atoms with Gasteiger partial charge in [-0.15, -0.1) is 4.99 Å². The lowest BCUT2D eigenvalue weighted by molar-refractivity contribution is -0.385. The Kier molecular flexibility index (Phi) is 9.20. The van der Waals surface area contributed by atoms with Crippen molar-refractivity contribution in [2.45, 2.75) is 46.0 Å². The molecule has 0 spiro atoms. The SMILES string of the molecule is Cc1cc(NCCCCCCCNc2ccc([N+](=O)[O-])c(C)c2)ccc1NOO. The molecule has 2 aromatic rings. The number of rotatable bonds is 13. The third kappa shape index (κ3) is 7.59. The lowest BCUT2D eigenvalue weighted by Gasteiger charge is -2.10. The molecule has 0 amide bonds. The zero-order valence-electron chi connectivity index (χ0n) is 17.0. The molecule has 8 heteroatoms. The normalized spacial score (nSPS) is 10.6. The van der Waals surface area contributed by atoms with E-state index in [1.807, 2.05) is 31.2 Å². The second kappa shape index (κ2) is 11.9. The molecular weight excluding hydrogens is 372 g/mol. The molecule has 0 saturated carbocycles. The van der Waals surface area contributed by atoms with Crippen LogP contribution >= 0.6 is 0 Å². The minimum atomic E-state index is -0.354. The summed E-state index contributed by atoms with van der Waals surface area (Å²) in [4.78, 5) is 14.4. The fraction of sp³-hybridized carbons (Fsp3) is 0.429. The van der Waals surface area contributed by atoms with Gasteiger partial charge in [0.1, 0.15) is 0 Å². The highest BCUT2D eigenvalue weighted by molar-refractivity contribution is 5.58. The highest BCUT2D eigenvalue weighted by atomic mass is 17.2. The topological polar surface area (TPSA) is 109 Å². The van der Waals surface area contributed by atoms with Gasteiger partial charge in [-0.1, -0.05) is 19.3 Å². The van der Waals surface area contributed by atoms with Gasteiger partial charge in [0.2, 0.25) is 0 Å². The van der Waals surface area contributed by atoms with Crippen LogP contribution in [0.1, 0.15) is 43.2 Å². The molecular formula is C21H30N4O4. The van der Waals surface area contributed by atoms with Gasteiger partial charge in [0.05, 0.1) is 10.6 Å². The van der Waals surface area contributed by atoms with Crippen molar-refractivity contribution >= 4 is 22.7 Å². The fourth-order valence-electron chi connectivity index (χ4n) is 3.15. The Morgan fingerprint density at radius 3 is 1.97 bits per heavy atom. The Bertz CT molecular complexity index is 798. The van der Waals surface area contributed by atoms with Gasteiger partial charge in [0.15, 0.2) is 0 Å². The van der Waals surface area contributed by atoms with E-state index in [0.717, 1.165) is 55.0 Å². The minimum Gasteiger partial charge on any atom is -0.385 e. The van der Waals surface area contributed by atoms with Crippen molar-refractivity contribution < 1.29 is 15.2 Å². The molecule has 0 bridgehead atoms. The van der Waals surface area contributed by atoms with Crippen LogP contribution in [0.3, 0.4) is 0 Å². The molecule has 0 fully saturated rings. The Morgan fingerprint density at radius 1 is 0.897 bits per heavy atom. The van der Waals surface area contributed by atoms with Crippen molar-refractivity contribution in [3.05, 3.63) is 57.6 Å². The smallest absolute Gasteiger partial charge is 0.272 e. The molecule has 0 radical (unpaired) electrons. The lowest BCUT2D eigenvalue weighted by atomic mass is 10.1. The highest BCUT2D eigenvalue weighted by Crippen LogP contribution is 2.22. The Balaban J connectivity index is 1.54. The number of nitro groups is 1. The lowest BCUT2D eigenvalue weighted by Crippen LogP contribution is -2.04. The number of hydrogen-bond acceptors (Lipinski definition) is 7. The molecule has 29 heavy (non-hydrogen) atoms. The molecule has 0 aromatic heterocycles. The number of anilines is 3. The van der Waals surface area contributed by atoms with E-state index in [9.17, 15) is 10.1 Å². The number of nitrogens with zero attached hydrogens (tertiary/aromatic N) is 1. The Morgan fingerprint density at radius 2 is 1.45 bits per heavy atom. The largest absolute Gasteiger partial charge is 0.385 e. The average Bonchev–Trinajstić information content (AvgIpc) is 2.68. The van der Waals surface area contributed by atoms with E-state index in [1.165, 1.54) is 12.8 Å². The highest BCUT2D eigenvalue weighted by Gasteiger charge is 2.09. The predicted octanol–water partition coefficient (Wildman–Crippen LogP) is 5.50. The van der Waals surface area contributed by atoms with E-state index in [2.05, 4.69) is 21.1 Å². The van der Waals surface area contributed by atoms with Crippen LogP contribution < -0.4 is 16.1 Å². The number of nitrogens with one attached hydrogen (secondary N) is 3. The van der Waals surface area contributed by atoms with Crippen LogP contribution in [0, 0.1) is 24.0 Å². The summed E-state index contributed by atoms with van der Waals surface area (Å²) in [6.07, 6.45) is 5.68. The summed E-state index contributed by atoms with van der Waals surface area (Å²) in [5.74, 6) is 0. The summed E-state index contributed by atoms with van der Waals surface area (Å²) < 4.78 is 0. The van der Waals surface area contributed by atoms with Gasteiger partial charge in [-0.2, -0.15) is 0 Å². The van der Waals surface area contributed by atoms with Crippen molar-refractivity contribution in [1.29, 1.82) is 0 Å². The first-order valence-corrected chi connectivity index (χ1v) is 9.91. The third-order valence-corrected chi connectivity index (χ3v) is 4.79. The molecule has 158 valence electrons. The van der Waals surface area contributed by atoms with Crippen LogP contribution in [-0.4, -0.2) is 23.3 Å². The summed E-state index contributed by atoms with van der Waals surface area (Å²) >= 11 is 0. The molecule has 0 saturated heterocycles. The monoisotopic (exact) mass is 402 g/mol.